The molecular formula is C16H23NO3S. The van der Waals surface area contributed by atoms with Crippen molar-refractivity contribution in [2.24, 2.45) is 11.8 Å². The molecule has 1 aliphatic carbocycles. The number of hydrogen-bond donors (Lipinski definition) is 1. The van der Waals surface area contributed by atoms with E-state index in [4.69, 9.17) is 0 Å². The Kier molecular flexibility index (Phi) is 5.62. The lowest BCUT2D eigenvalue weighted by Crippen LogP contribution is -2.37. The second-order valence-electron chi connectivity index (χ2n) is 6.02. The van der Waals surface area contributed by atoms with Gasteiger partial charge in [-0.1, -0.05) is 12.2 Å². The number of carbonyl (C=O) groups excluding carboxylic acids is 3. The molecule has 1 aliphatic heterocycles. The summed E-state index contributed by atoms with van der Waals surface area (Å²) in [5.74, 6) is 0.540. The Morgan fingerprint density at radius 2 is 1.95 bits per heavy atom. The van der Waals surface area contributed by atoms with Crippen molar-refractivity contribution in [1.29, 1.82) is 0 Å². The molecule has 21 heavy (non-hydrogen) atoms. The van der Waals surface area contributed by atoms with Gasteiger partial charge in [-0.3, -0.25) is 19.3 Å². The zero-order valence-corrected chi connectivity index (χ0v) is 13.4. The molecule has 0 aromatic heterocycles. The van der Waals surface area contributed by atoms with Crippen LogP contribution in [0.1, 0.15) is 45.4 Å². The van der Waals surface area contributed by atoms with Crippen molar-refractivity contribution in [2.45, 2.75) is 50.7 Å². The predicted molar refractivity (Wildman–Crippen MR) is 84.0 cm³/mol. The monoisotopic (exact) mass is 309 g/mol. The summed E-state index contributed by atoms with van der Waals surface area (Å²) in [5, 5.41) is -0.462. The van der Waals surface area contributed by atoms with E-state index in [1.807, 2.05) is 19.1 Å². The highest BCUT2D eigenvalue weighted by Gasteiger charge is 2.38. The van der Waals surface area contributed by atoms with Gasteiger partial charge in [0.05, 0.1) is 5.25 Å². The number of imide groups is 1. The number of hydrogen-bond acceptors (Lipinski definition) is 4. The molecule has 1 saturated heterocycles. The maximum absolute atomic E-state index is 12.0. The molecule has 2 rings (SSSR count). The van der Waals surface area contributed by atoms with E-state index in [9.17, 15) is 14.4 Å². The van der Waals surface area contributed by atoms with Crippen LogP contribution in [0.3, 0.4) is 0 Å². The molecule has 2 amide bonds. The lowest BCUT2D eigenvalue weighted by atomic mass is 9.79. The maximum Gasteiger partial charge on any atom is 0.242 e. The fourth-order valence-electron chi connectivity index (χ4n) is 3.18. The van der Waals surface area contributed by atoms with Crippen LogP contribution in [0.15, 0.2) is 12.2 Å². The SMILES string of the molecule is C/C=C/CC(=O)C1CCC(CN2C(=O)CC(S)C2=O)CC1. The Balaban J connectivity index is 1.80. The first kappa shape index (κ1) is 16.3. The summed E-state index contributed by atoms with van der Waals surface area (Å²) < 4.78 is 0. The molecular weight excluding hydrogens is 286 g/mol. The number of allylic oxidation sites excluding steroid dienone is 2. The molecule has 0 aromatic rings. The van der Waals surface area contributed by atoms with Crippen molar-refractivity contribution in [3.63, 3.8) is 0 Å². The number of amides is 2. The van der Waals surface area contributed by atoms with Crippen LogP contribution in [-0.4, -0.2) is 34.3 Å². The average Bonchev–Trinajstić information content (AvgIpc) is 2.72. The lowest BCUT2D eigenvalue weighted by molar-refractivity contribution is -0.139. The Labute approximate surface area is 131 Å². The summed E-state index contributed by atoms with van der Waals surface area (Å²) in [5.41, 5.74) is 0. The van der Waals surface area contributed by atoms with Gasteiger partial charge in [-0.25, -0.2) is 0 Å². The second-order valence-corrected chi connectivity index (χ2v) is 6.64. The van der Waals surface area contributed by atoms with Gasteiger partial charge in [0.2, 0.25) is 11.8 Å². The van der Waals surface area contributed by atoms with Gasteiger partial charge in [0.1, 0.15) is 5.78 Å². The zero-order valence-electron chi connectivity index (χ0n) is 12.5. The largest absolute Gasteiger partial charge is 0.299 e. The van der Waals surface area contributed by atoms with Crippen molar-refractivity contribution in [3.05, 3.63) is 12.2 Å². The number of likely N-dealkylation sites (tertiary alicyclic amines) is 1. The normalized spacial score (nSPS) is 30.4. The molecule has 1 atom stereocenters. The van der Waals surface area contributed by atoms with Gasteiger partial charge < -0.3 is 0 Å². The molecule has 0 radical (unpaired) electrons. The van der Waals surface area contributed by atoms with Crippen LogP contribution in [-0.2, 0) is 14.4 Å². The second kappa shape index (κ2) is 7.25. The molecule has 2 aliphatic rings. The van der Waals surface area contributed by atoms with Gasteiger partial charge in [0, 0.05) is 25.3 Å². The van der Waals surface area contributed by atoms with Crippen LogP contribution in [0.4, 0.5) is 0 Å². The Hall–Kier alpha value is -1.10. The quantitative estimate of drug-likeness (QED) is 0.482. The van der Waals surface area contributed by atoms with E-state index >= 15 is 0 Å². The fraction of sp³-hybridized carbons (Fsp3) is 0.688. The van der Waals surface area contributed by atoms with Crippen molar-refractivity contribution in [2.75, 3.05) is 6.54 Å². The summed E-state index contributed by atoms with van der Waals surface area (Å²) in [6, 6.07) is 0. The summed E-state index contributed by atoms with van der Waals surface area (Å²) in [6.45, 7) is 2.42. The molecule has 1 saturated carbocycles. The maximum atomic E-state index is 12.0. The Morgan fingerprint density at radius 1 is 1.29 bits per heavy atom. The minimum atomic E-state index is -0.462. The first-order valence-corrected chi connectivity index (χ1v) is 8.20. The Bertz CT molecular complexity index is 452. The van der Waals surface area contributed by atoms with E-state index in [-0.39, 0.29) is 24.2 Å². The van der Waals surface area contributed by atoms with E-state index in [0.717, 1.165) is 25.7 Å². The molecule has 1 unspecified atom stereocenters. The zero-order chi connectivity index (χ0) is 15.4. The van der Waals surface area contributed by atoms with E-state index in [1.54, 1.807) is 0 Å². The van der Waals surface area contributed by atoms with Crippen molar-refractivity contribution < 1.29 is 14.4 Å². The molecule has 1 heterocycles. The van der Waals surface area contributed by atoms with Gasteiger partial charge in [-0.15, -0.1) is 0 Å². The molecule has 0 N–H and O–H groups in total. The van der Waals surface area contributed by atoms with E-state index in [2.05, 4.69) is 12.6 Å². The molecule has 2 fully saturated rings. The Morgan fingerprint density at radius 3 is 2.48 bits per heavy atom. The van der Waals surface area contributed by atoms with Crippen LogP contribution in [0.2, 0.25) is 0 Å². The van der Waals surface area contributed by atoms with Gasteiger partial charge in [-0.2, -0.15) is 12.6 Å². The van der Waals surface area contributed by atoms with Crippen LogP contribution >= 0.6 is 12.6 Å². The highest BCUT2D eigenvalue weighted by molar-refractivity contribution is 7.81. The molecule has 0 spiro atoms. The summed E-state index contributed by atoms with van der Waals surface area (Å²) >= 11 is 4.13. The number of carbonyl (C=O) groups is 3. The third kappa shape index (κ3) is 3.96. The summed E-state index contributed by atoms with van der Waals surface area (Å²) in [7, 11) is 0. The predicted octanol–water partition coefficient (Wildman–Crippen LogP) is 2.39. The van der Waals surface area contributed by atoms with Crippen molar-refractivity contribution in [3.8, 4) is 0 Å². The average molecular weight is 309 g/mol. The first-order valence-electron chi connectivity index (χ1n) is 7.69. The number of ketones is 1. The third-order valence-corrected chi connectivity index (χ3v) is 4.92. The van der Waals surface area contributed by atoms with Gasteiger partial charge in [0.15, 0.2) is 0 Å². The van der Waals surface area contributed by atoms with Gasteiger partial charge in [-0.05, 0) is 38.5 Å². The standard InChI is InChI=1S/C16H23NO3S/c1-2-3-4-13(18)12-7-5-11(6-8-12)10-17-15(19)9-14(21)16(17)20/h2-3,11-12,14,21H,4-10H2,1H3/b3-2+. The number of nitrogens with zero attached hydrogens (tertiary/aromatic N) is 1. The van der Waals surface area contributed by atoms with E-state index in [1.165, 1.54) is 4.90 Å². The molecule has 116 valence electrons. The van der Waals surface area contributed by atoms with E-state index in [0.29, 0.717) is 24.7 Å². The highest BCUT2D eigenvalue weighted by Crippen LogP contribution is 2.32. The van der Waals surface area contributed by atoms with E-state index < -0.39 is 5.25 Å². The summed E-state index contributed by atoms with van der Waals surface area (Å²) in [4.78, 5) is 36.9. The minimum absolute atomic E-state index is 0.105. The fourth-order valence-corrected chi connectivity index (χ4v) is 3.48. The number of thiol groups is 1. The van der Waals surface area contributed by atoms with Gasteiger partial charge in [0.25, 0.3) is 0 Å². The minimum Gasteiger partial charge on any atom is -0.299 e. The van der Waals surface area contributed by atoms with Crippen LogP contribution in [0.25, 0.3) is 0 Å². The van der Waals surface area contributed by atoms with Crippen LogP contribution in [0.5, 0.6) is 0 Å². The van der Waals surface area contributed by atoms with Gasteiger partial charge >= 0.3 is 0 Å². The lowest BCUT2D eigenvalue weighted by Gasteiger charge is -2.29. The van der Waals surface area contributed by atoms with Crippen molar-refractivity contribution in [1.82, 2.24) is 4.90 Å². The smallest absolute Gasteiger partial charge is 0.242 e. The molecule has 4 nitrogen and oxygen atoms in total. The molecule has 0 aromatic carbocycles. The molecule has 5 heteroatoms. The number of rotatable bonds is 5. The number of Topliss-reactive ketones (excluding diaryl/α,β-unsaturated/α-hetero) is 1. The first-order chi connectivity index (χ1) is 10.0. The van der Waals surface area contributed by atoms with Crippen LogP contribution < -0.4 is 0 Å². The third-order valence-electron chi connectivity index (χ3n) is 4.52. The molecule has 0 bridgehead atoms. The topological polar surface area (TPSA) is 54.5 Å². The van der Waals surface area contributed by atoms with Crippen molar-refractivity contribution >= 4 is 30.2 Å². The highest BCUT2D eigenvalue weighted by atomic mass is 32.1. The van der Waals surface area contributed by atoms with Crippen LogP contribution in [0, 0.1) is 11.8 Å². The summed E-state index contributed by atoms with van der Waals surface area (Å²) in [6.07, 6.45) is 8.14.